The molecule has 4 heterocycles. The number of imidazole rings is 1. The molecule has 0 unspecified atom stereocenters. The summed E-state index contributed by atoms with van der Waals surface area (Å²) in [6, 6.07) is 8.48. The lowest BCUT2D eigenvalue weighted by Gasteiger charge is -2.29. The Bertz CT molecular complexity index is 1300. The highest BCUT2D eigenvalue weighted by molar-refractivity contribution is 5.95. The maximum Gasteiger partial charge on any atom is 0.234 e. The molecule has 0 saturated heterocycles. The van der Waals surface area contributed by atoms with E-state index in [0.717, 1.165) is 11.3 Å². The average Bonchev–Trinajstić information content (AvgIpc) is 3.12. The van der Waals surface area contributed by atoms with Crippen molar-refractivity contribution in [3.63, 3.8) is 0 Å². The molecule has 5 rings (SSSR count). The number of carbonyl (C=O) groups excluding carboxylic acids is 1. The van der Waals surface area contributed by atoms with Crippen molar-refractivity contribution >= 4 is 17.4 Å². The number of aromatic nitrogens is 4. The second kappa shape index (κ2) is 6.91. The van der Waals surface area contributed by atoms with Crippen molar-refractivity contribution in [1.29, 1.82) is 0 Å². The third-order valence-corrected chi connectivity index (χ3v) is 5.12. The number of rotatable bonds is 2. The molecule has 0 radical (unpaired) electrons. The van der Waals surface area contributed by atoms with Gasteiger partial charge in [0.2, 0.25) is 11.7 Å². The Labute approximate surface area is 171 Å². The molecule has 0 atom stereocenters. The Morgan fingerprint density at radius 1 is 1.20 bits per heavy atom. The summed E-state index contributed by atoms with van der Waals surface area (Å²) in [5.41, 5.74) is 3.63. The lowest BCUT2D eigenvalue weighted by Crippen LogP contribution is -2.36. The van der Waals surface area contributed by atoms with Gasteiger partial charge in [0.25, 0.3) is 0 Å². The Kier molecular flexibility index (Phi) is 4.20. The van der Waals surface area contributed by atoms with E-state index in [2.05, 4.69) is 15.0 Å². The maximum absolute atomic E-state index is 15.3. The first-order valence-corrected chi connectivity index (χ1v) is 9.54. The largest absolute Gasteiger partial charge is 0.489 e. The number of carbonyl (C=O) groups is 1. The van der Waals surface area contributed by atoms with Gasteiger partial charge < -0.3 is 9.64 Å². The molecule has 1 amide bonds. The highest BCUT2D eigenvalue weighted by atomic mass is 19.1. The molecular formula is C22H18FN5O2. The van der Waals surface area contributed by atoms with Gasteiger partial charge >= 0.3 is 0 Å². The number of nitrogens with zero attached hydrogens (tertiary/aromatic N) is 5. The number of halogens is 1. The highest BCUT2D eigenvalue weighted by Crippen LogP contribution is 2.41. The monoisotopic (exact) mass is 403 g/mol. The topological polar surface area (TPSA) is 72.6 Å². The fourth-order valence-electron chi connectivity index (χ4n) is 3.78. The number of hydrogen-bond acceptors (Lipinski definition) is 5. The van der Waals surface area contributed by atoms with Crippen LogP contribution >= 0.6 is 0 Å². The van der Waals surface area contributed by atoms with E-state index in [4.69, 9.17) is 4.74 Å². The van der Waals surface area contributed by atoms with Crippen LogP contribution in [0, 0.1) is 12.7 Å². The lowest BCUT2D eigenvalue weighted by atomic mass is 10.0. The molecule has 0 bridgehead atoms. The smallest absolute Gasteiger partial charge is 0.234 e. The Balaban J connectivity index is 1.81. The summed E-state index contributed by atoms with van der Waals surface area (Å²) in [7, 11) is 0. The molecule has 0 N–H and O–H groups in total. The number of amides is 1. The van der Waals surface area contributed by atoms with Crippen molar-refractivity contribution in [2.24, 2.45) is 0 Å². The third kappa shape index (κ3) is 2.88. The number of ether oxygens (including phenoxy) is 1. The summed E-state index contributed by atoms with van der Waals surface area (Å²) in [4.78, 5) is 26.9. The van der Waals surface area contributed by atoms with E-state index in [1.165, 1.54) is 13.0 Å². The van der Waals surface area contributed by atoms with Crippen molar-refractivity contribution in [2.45, 2.75) is 13.8 Å². The van der Waals surface area contributed by atoms with Crippen LogP contribution in [-0.4, -0.2) is 38.4 Å². The fraction of sp³-hybridized carbons (Fsp3) is 0.182. The molecule has 1 aliphatic heterocycles. The summed E-state index contributed by atoms with van der Waals surface area (Å²) >= 11 is 0. The number of hydrogen-bond donors (Lipinski definition) is 0. The van der Waals surface area contributed by atoms with E-state index in [9.17, 15) is 4.79 Å². The molecule has 3 aromatic heterocycles. The molecule has 30 heavy (non-hydrogen) atoms. The van der Waals surface area contributed by atoms with Crippen LogP contribution < -0.4 is 9.64 Å². The predicted octanol–water partition coefficient (Wildman–Crippen LogP) is 3.65. The van der Waals surface area contributed by atoms with Gasteiger partial charge in [-0.15, -0.1) is 0 Å². The van der Waals surface area contributed by atoms with Gasteiger partial charge in [-0.3, -0.25) is 14.2 Å². The molecule has 0 spiro atoms. The van der Waals surface area contributed by atoms with Crippen molar-refractivity contribution in [1.82, 2.24) is 19.4 Å². The van der Waals surface area contributed by atoms with E-state index >= 15 is 4.39 Å². The zero-order chi connectivity index (χ0) is 20.8. The molecule has 1 aromatic carbocycles. The molecule has 0 fully saturated rings. The number of anilines is 1. The van der Waals surface area contributed by atoms with Crippen molar-refractivity contribution in [2.75, 3.05) is 18.1 Å². The van der Waals surface area contributed by atoms with Gasteiger partial charge in [-0.1, -0.05) is 0 Å². The SMILES string of the molecule is CC(=O)N1CCOc2cc(F)c(-c3c(-c4ccnc(C)c4)nc4ncccn34)cc21. The second-order valence-corrected chi connectivity index (χ2v) is 7.10. The predicted molar refractivity (Wildman–Crippen MR) is 110 cm³/mol. The minimum Gasteiger partial charge on any atom is -0.489 e. The fourth-order valence-corrected chi connectivity index (χ4v) is 3.78. The van der Waals surface area contributed by atoms with Gasteiger partial charge in [0.15, 0.2) is 0 Å². The van der Waals surface area contributed by atoms with E-state index in [1.807, 2.05) is 19.1 Å². The summed E-state index contributed by atoms with van der Waals surface area (Å²) in [5.74, 6) is 0.221. The highest BCUT2D eigenvalue weighted by Gasteiger charge is 2.27. The average molecular weight is 403 g/mol. The molecular weight excluding hydrogens is 385 g/mol. The van der Waals surface area contributed by atoms with Crippen LogP contribution in [0.1, 0.15) is 12.6 Å². The lowest BCUT2D eigenvalue weighted by molar-refractivity contribution is -0.116. The van der Waals surface area contributed by atoms with Gasteiger partial charge in [0, 0.05) is 48.4 Å². The van der Waals surface area contributed by atoms with Crippen LogP contribution in [0.5, 0.6) is 5.75 Å². The number of benzene rings is 1. The van der Waals surface area contributed by atoms with Crippen molar-refractivity contribution in [3.05, 3.63) is 60.4 Å². The summed E-state index contributed by atoms with van der Waals surface area (Å²) < 4.78 is 22.7. The molecule has 150 valence electrons. The van der Waals surface area contributed by atoms with Crippen LogP contribution in [0.15, 0.2) is 48.9 Å². The van der Waals surface area contributed by atoms with Crippen LogP contribution in [-0.2, 0) is 4.79 Å². The van der Waals surface area contributed by atoms with Crippen LogP contribution in [0.3, 0.4) is 0 Å². The molecule has 7 nitrogen and oxygen atoms in total. The maximum atomic E-state index is 15.3. The molecule has 1 aliphatic rings. The summed E-state index contributed by atoms with van der Waals surface area (Å²) in [6.07, 6.45) is 5.13. The molecule has 8 heteroatoms. The quantitative estimate of drug-likeness (QED) is 0.511. The Morgan fingerprint density at radius 2 is 2.07 bits per heavy atom. The zero-order valence-electron chi connectivity index (χ0n) is 16.5. The second-order valence-electron chi connectivity index (χ2n) is 7.10. The minimum absolute atomic E-state index is 0.123. The van der Waals surface area contributed by atoms with Gasteiger partial charge in [0.05, 0.1) is 23.6 Å². The van der Waals surface area contributed by atoms with Crippen LogP contribution in [0.4, 0.5) is 10.1 Å². The van der Waals surface area contributed by atoms with E-state index < -0.39 is 5.82 Å². The molecule has 0 aliphatic carbocycles. The number of pyridine rings is 1. The van der Waals surface area contributed by atoms with Gasteiger partial charge in [0.1, 0.15) is 18.2 Å². The van der Waals surface area contributed by atoms with Crippen LogP contribution in [0.25, 0.3) is 28.3 Å². The van der Waals surface area contributed by atoms with E-state index in [1.54, 1.807) is 40.0 Å². The minimum atomic E-state index is -0.461. The summed E-state index contributed by atoms with van der Waals surface area (Å²) in [5, 5.41) is 0. The van der Waals surface area contributed by atoms with Crippen molar-refractivity contribution < 1.29 is 13.9 Å². The third-order valence-electron chi connectivity index (χ3n) is 5.12. The molecule has 0 saturated carbocycles. The number of fused-ring (bicyclic) bond motifs is 2. The first-order valence-electron chi connectivity index (χ1n) is 9.54. The first-order chi connectivity index (χ1) is 14.5. The first kappa shape index (κ1) is 18.2. The van der Waals surface area contributed by atoms with Gasteiger partial charge in [-0.2, -0.15) is 0 Å². The Hall–Kier alpha value is -3.81. The van der Waals surface area contributed by atoms with Crippen molar-refractivity contribution in [3.8, 4) is 28.3 Å². The van der Waals surface area contributed by atoms with Crippen LogP contribution in [0.2, 0.25) is 0 Å². The van der Waals surface area contributed by atoms with Gasteiger partial charge in [-0.05, 0) is 31.2 Å². The van der Waals surface area contributed by atoms with Gasteiger partial charge in [-0.25, -0.2) is 14.4 Å². The Morgan fingerprint density at radius 3 is 2.87 bits per heavy atom. The molecule has 4 aromatic rings. The normalized spacial score (nSPS) is 13.2. The summed E-state index contributed by atoms with van der Waals surface area (Å²) in [6.45, 7) is 4.12. The van der Waals surface area contributed by atoms with E-state index in [0.29, 0.717) is 47.3 Å². The standard InChI is InChI=1S/C22H18FN5O2/c1-13-10-15(4-6-24-13)20-21(28-7-3-5-25-22(28)26-20)16-11-18-19(12-17(16)23)30-9-8-27(18)14(2)29/h3-7,10-12H,8-9H2,1-2H3. The zero-order valence-corrected chi connectivity index (χ0v) is 16.5. The van der Waals surface area contributed by atoms with E-state index in [-0.39, 0.29) is 5.91 Å². The number of aryl methyl sites for hydroxylation is 1.